The van der Waals surface area contributed by atoms with E-state index in [4.69, 9.17) is 4.74 Å². The maximum Gasteiger partial charge on any atom is 0.273 e. The third-order valence-corrected chi connectivity index (χ3v) is 4.81. The number of unbranched alkanes of at least 4 members (excludes halogenated alkanes) is 5. The first-order chi connectivity index (χ1) is 14.0. The molecular weight excluding hydrogens is 364 g/mol. The zero-order chi connectivity index (χ0) is 21.1. The summed E-state index contributed by atoms with van der Waals surface area (Å²) in [5.41, 5.74) is 7.77. The monoisotopic (exact) mass is 396 g/mol. The number of aryl methyl sites for hydroxylation is 2. The normalized spacial score (nSPS) is 10.4. The minimum atomic E-state index is -0.401. The van der Waals surface area contributed by atoms with Gasteiger partial charge in [-0.15, -0.1) is 0 Å². The average molecular weight is 397 g/mol. The number of hydrogen-bond acceptors (Lipinski definition) is 3. The molecule has 0 aromatic heterocycles. The number of benzene rings is 2. The van der Waals surface area contributed by atoms with Crippen LogP contribution in [0, 0.1) is 13.8 Å². The number of nitrogens with one attached hydrogen (secondary N) is 2. The molecule has 0 saturated carbocycles. The quantitative estimate of drug-likeness (QED) is 0.433. The first-order valence-electron chi connectivity index (χ1n) is 10.4. The fourth-order valence-electron chi connectivity index (χ4n) is 3.07. The Hall–Kier alpha value is -2.82. The fourth-order valence-corrected chi connectivity index (χ4v) is 3.07. The topological polar surface area (TPSA) is 67.4 Å². The van der Waals surface area contributed by atoms with Crippen molar-refractivity contribution in [3.63, 3.8) is 0 Å². The molecule has 0 spiro atoms. The molecule has 0 atom stereocenters. The first-order valence-corrected chi connectivity index (χ1v) is 10.4. The molecule has 0 radical (unpaired) electrons. The number of hydrazine groups is 1. The van der Waals surface area contributed by atoms with E-state index in [0.29, 0.717) is 23.5 Å². The van der Waals surface area contributed by atoms with E-state index in [0.717, 1.165) is 24.0 Å². The van der Waals surface area contributed by atoms with Crippen LogP contribution >= 0.6 is 0 Å². The summed E-state index contributed by atoms with van der Waals surface area (Å²) < 4.78 is 5.82. The number of para-hydroxylation sites is 1. The lowest BCUT2D eigenvalue weighted by Crippen LogP contribution is -2.42. The molecular formula is C24H32N2O3. The summed E-state index contributed by atoms with van der Waals surface area (Å²) in [6.45, 7) is 6.56. The van der Waals surface area contributed by atoms with Crippen LogP contribution in [-0.2, 0) is 0 Å². The molecule has 0 unspecified atom stereocenters. The Kier molecular flexibility index (Phi) is 9.22. The van der Waals surface area contributed by atoms with Gasteiger partial charge in [0.1, 0.15) is 5.75 Å². The largest absolute Gasteiger partial charge is 0.493 e. The van der Waals surface area contributed by atoms with Gasteiger partial charge in [0.05, 0.1) is 12.2 Å². The lowest BCUT2D eigenvalue weighted by Gasteiger charge is -2.13. The van der Waals surface area contributed by atoms with Crippen molar-refractivity contribution in [2.75, 3.05) is 6.61 Å². The Morgan fingerprint density at radius 2 is 1.48 bits per heavy atom. The van der Waals surface area contributed by atoms with Crippen molar-refractivity contribution >= 4 is 11.8 Å². The van der Waals surface area contributed by atoms with E-state index in [1.807, 2.05) is 32.0 Å². The highest BCUT2D eigenvalue weighted by Crippen LogP contribution is 2.18. The average Bonchev–Trinajstić information content (AvgIpc) is 2.73. The Balaban J connectivity index is 1.87. The van der Waals surface area contributed by atoms with Gasteiger partial charge in [0.2, 0.25) is 0 Å². The Labute approximate surface area is 173 Å². The molecule has 156 valence electrons. The van der Waals surface area contributed by atoms with Gasteiger partial charge in [-0.05, 0) is 44.0 Å². The van der Waals surface area contributed by atoms with Crippen molar-refractivity contribution in [1.82, 2.24) is 10.9 Å². The lowest BCUT2D eigenvalue weighted by atomic mass is 10.1. The lowest BCUT2D eigenvalue weighted by molar-refractivity contribution is 0.0844. The first kappa shape index (κ1) is 22.5. The van der Waals surface area contributed by atoms with Gasteiger partial charge in [-0.3, -0.25) is 20.4 Å². The van der Waals surface area contributed by atoms with Crippen LogP contribution in [0.3, 0.4) is 0 Å². The number of amides is 2. The van der Waals surface area contributed by atoms with E-state index >= 15 is 0 Å². The van der Waals surface area contributed by atoms with Crippen LogP contribution in [0.2, 0.25) is 0 Å². The van der Waals surface area contributed by atoms with Gasteiger partial charge >= 0.3 is 0 Å². The summed E-state index contributed by atoms with van der Waals surface area (Å²) in [5.74, 6) is -0.216. The van der Waals surface area contributed by atoms with Gasteiger partial charge in [-0.25, -0.2) is 0 Å². The Morgan fingerprint density at radius 3 is 2.24 bits per heavy atom. The molecule has 0 aliphatic rings. The van der Waals surface area contributed by atoms with Crippen LogP contribution in [-0.4, -0.2) is 18.4 Å². The number of rotatable bonds is 10. The molecule has 2 N–H and O–H groups in total. The second-order valence-electron chi connectivity index (χ2n) is 7.34. The second-order valence-corrected chi connectivity index (χ2v) is 7.34. The van der Waals surface area contributed by atoms with Gasteiger partial charge in [0.25, 0.3) is 11.8 Å². The van der Waals surface area contributed by atoms with Crippen molar-refractivity contribution in [1.29, 1.82) is 0 Å². The maximum atomic E-state index is 12.6. The highest BCUT2D eigenvalue weighted by atomic mass is 16.5. The summed E-state index contributed by atoms with van der Waals surface area (Å²) in [6.07, 6.45) is 7.07. The number of carbonyl (C=O) groups is 2. The molecule has 0 aliphatic carbocycles. The van der Waals surface area contributed by atoms with E-state index in [-0.39, 0.29) is 5.91 Å². The molecule has 29 heavy (non-hydrogen) atoms. The van der Waals surface area contributed by atoms with Crippen LogP contribution in [0.5, 0.6) is 5.75 Å². The van der Waals surface area contributed by atoms with Crippen LogP contribution in [0.15, 0.2) is 42.5 Å². The molecule has 5 nitrogen and oxygen atoms in total. The molecule has 0 fully saturated rings. The van der Waals surface area contributed by atoms with Crippen molar-refractivity contribution in [2.24, 2.45) is 0 Å². The highest BCUT2D eigenvalue weighted by Gasteiger charge is 2.14. The van der Waals surface area contributed by atoms with Gasteiger partial charge in [-0.2, -0.15) is 0 Å². The molecule has 2 aromatic rings. The summed E-state index contributed by atoms with van der Waals surface area (Å²) in [4.78, 5) is 25.0. The van der Waals surface area contributed by atoms with E-state index in [9.17, 15) is 9.59 Å². The smallest absolute Gasteiger partial charge is 0.273 e. The number of hydrogen-bond donors (Lipinski definition) is 2. The van der Waals surface area contributed by atoms with E-state index in [2.05, 4.69) is 17.8 Å². The Morgan fingerprint density at radius 1 is 0.828 bits per heavy atom. The summed E-state index contributed by atoms with van der Waals surface area (Å²) in [5, 5.41) is 0. The molecule has 2 aromatic carbocycles. The zero-order valence-corrected chi connectivity index (χ0v) is 17.7. The van der Waals surface area contributed by atoms with Gasteiger partial charge in [0.15, 0.2) is 0 Å². The highest BCUT2D eigenvalue weighted by molar-refractivity contribution is 6.01. The standard InChI is InChI=1S/C24H32N2O3/c1-4-5-6-7-8-11-16-29-22-13-10-9-12-20(22)23(27)25-26-24(28)21-17-18(2)14-15-19(21)3/h9-10,12-15,17H,4-8,11,16H2,1-3H3,(H,25,27)(H,26,28). The molecule has 2 amide bonds. The van der Waals surface area contributed by atoms with Crippen LogP contribution < -0.4 is 15.6 Å². The van der Waals surface area contributed by atoms with Crippen molar-refractivity contribution < 1.29 is 14.3 Å². The van der Waals surface area contributed by atoms with Gasteiger partial charge in [0, 0.05) is 5.56 Å². The molecule has 0 aliphatic heterocycles. The zero-order valence-electron chi connectivity index (χ0n) is 17.7. The second kappa shape index (κ2) is 11.9. The van der Waals surface area contributed by atoms with Gasteiger partial charge < -0.3 is 4.74 Å². The number of carbonyl (C=O) groups excluding carboxylic acids is 2. The summed E-state index contributed by atoms with van der Waals surface area (Å²) in [7, 11) is 0. The van der Waals surface area contributed by atoms with Crippen LogP contribution in [0.25, 0.3) is 0 Å². The molecule has 0 saturated heterocycles. The predicted octanol–water partition coefficient (Wildman–Crippen LogP) is 5.12. The Bertz CT molecular complexity index is 818. The molecule has 0 bridgehead atoms. The molecule has 5 heteroatoms. The fraction of sp³-hybridized carbons (Fsp3) is 0.417. The van der Waals surface area contributed by atoms with E-state index < -0.39 is 5.91 Å². The minimum absolute atomic E-state index is 0.343. The van der Waals surface area contributed by atoms with E-state index in [1.54, 1.807) is 24.3 Å². The maximum absolute atomic E-state index is 12.6. The van der Waals surface area contributed by atoms with Crippen LogP contribution in [0.4, 0.5) is 0 Å². The van der Waals surface area contributed by atoms with Crippen molar-refractivity contribution in [3.05, 3.63) is 64.7 Å². The third-order valence-electron chi connectivity index (χ3n) is 4.81. The molecule has 2 rings (SSSR count). The van der Waals surface area contributed by atoms with Crippen molar-refractivity contribution in [3.8, 4) is 5.75 Å². The number of ether oxygens (including phenoxy) is 1. The van der Waals surface area contributed by atoms with E-state index in [1.165, 1.54) is 25.7 Å². The summed E-state index contributed by atoms with van der Waals surface area (Å²) in [6, 6.07) is 12.7. The third kappa shape index (κ3) is 7.26. The SMILES string of the molecule is CCCCCCCCOc1ccccc1C(=O)NNC(=O)c1cc(C)ccc1C. The van der Waals surface area contributed by atoms with Crippen LogP contribution in [0.1, 0.15) is 77.3 Å². The van der Waals surface area contributed by atoms with Gasteiger partial charge in [-0.1, -0.05) is 68.9 Å². The molecule has 0 heterocycles. The minimum Gasteiger partial charge on any atom is -0.493 e. The van der Waals surface area contributed by atoms with Crippen molar-refractivity contribution in [2.45, 2.75) is 59.3 Å². The summed E-state index contributed by atoms with van der Waals surface area (Å²) >= 11 is 0. The predicted molar refractivity (Wildman–Crippen MR) is 116 cm³/mol.